The Morgan fingerprint density at radius 2 is 1.66 bits per heavy atom. The Morgan fingerprint density at radius 3 is 2.21 bits per heavy atom. The molecule has 1 unspecified atom stereocenters. The summed E-state index contributed by atoms with van der Waals surface area (Å²) in [5.41, 5.74) is 4.56. The molecule has 0 spiro atoms. The second-order valence-corrected chi connectivity index (χ2v) is 8.49. The maximum atomic E-state index is 12.3. The minimum Gasteiger partial charge on any atom is -0.480 e. The lowest BCUT2D eigenvalue weighted by Crippen LogP contribution is -2.43. The number of alkyl carbamates (subject to hydrolysis) is 1. The Hall–Kier alpha value is -2.47. The van der Waals surface area contributed by atoms with Gasteiger partial charge in [0, 0.05) is 11.7 Å². The average molecular weight is 414 g/mol. The Balaban J connectivity index is 1.59. The molecule has 29 heavy (non-hydrogen) atoms. The fourth-order valence-electron chi connectivity index (χ4n) is 3.46. The van der Waals surface area contributed by atoms with E-state index in [1.807, 2.05) is 36.4 Å². The Labute approximate surface area is 175 Å². The number of nitrogens with one attached hydrogen (secondary N) is 1. The lowest BCUT2D eigenvalue weighted by atomic mass is 9.98. The van der Waals surface area contributed by atoms with E-state index in [0.29, 0.717) is 11.7 Å². The molecule has 0 saturated carbocycles. The molecule has 2 N–H and O–H groups in total. The molecule has 0 fully saturated rings. The van der Waals surface area contributed by atoms with Crippen LogP contribution in [0.4, 0.5) is 4.79 Å². The van der Waals surface area contributed by atoms with E-state index >= 15 is 0 Å². The Kier molecular flexibility index (Phi) is 7.20. The van der Waals surface area contributed by atoms with E-state index < -0.39 is 18.1 Å². The first-order valence-electron chi connectivity index (χ1n) is 9.93. The molecule has 0 saturated heterocycles. The minimum atomic E-state index is -1.05. The van der Waals surface area contributed by atoms with Gasteiger partial charge in [-0.25, -0.2) is 9.59 Å². The molecule has 6 heteroatoms. The van der Waals surface area contributed by atoms with Gasteiger partial charge in [-0.1, -0.05) is 68.8 Å². The number of thioether (sulfide) groups is 1. The van der Waals surface area contributed by atoms with Gasteiger partial charge in [0.1, 0.15) is 12.6 Å². The van der Waals surface area contributed by atoms with Crippen molar-refractivity contribution in [3.05, 3.63) is 59.7 Å². The molecular formula is C23H27NO4S. The quantitative estimate of drug-likeness (QED) is 0.620. The summed E-state index contributed by atoms with van der Waals surface area (Å²) in [6, 6.07) is 15.2. The van der Waals surface area contributed by atoms with E-state index in [-0.39, 0.29) is 12.5 Å². The third kappa shape index (κ3) is 5.12. The summed E-state index contributed by atoms with van der Waals surface area (Å²) in [5.74, 6) is 0.617. The number of ether oxygens (including phenoxy) is 1. The lowest BCUT2D eigenvalue weighted by Gasteiger charge is -2.18. The third-order valence-electron chi connectivity index (χ3n) is 5.32. The lowest BCUT2D eigenvalue weighted by molar-refractivity contribution is -0.138. The van der Waals surface area contributed by atoms with Gasteiger partial charge < -0.3 is 15.2 Å². The van der Waals surface area contributed by atoms with Crippen LogP contribution in [0.25, 0.3) is 11.1 Å². The van der Waals surface area contributed by atoms with Gasteiger partial charge in [0.2, 0.25) is 0 Å². The molecule has 5 nitrogen and oxygen atoms in total. The van der Waals surface area contributed by atoms with Crippen LogP contribution < -0.4 is 5.32 Å². The fourth-order valence-corrected chi connectivity index (χ4v) is 4.70. The van der Waals surface area contributed by atoms with Crippen LogP contribution >= 0.6 is 11.8 Å². The molecule has 0 heterocycles. The number of aliphatic carboxylic acids is 1. The first kappa shape index (κ1) is 21.2. The molecule has 0 radical (unpaired) electrons. The number of benzene rings is 2. The van der Waals surface area contributed by atoms with Gasteiger partial charge >= 0.3 is 12.1 Å². The Bertz CT molecular complexity index is 824. The van der Waals surface area contributed by atoms with Crippen LogP contribution in [0.5, 0.6) is 0 Å². The summed E-state index contributed by atoms with van der Waals surface area (Å²) in [6.07, 6.45) is 0.355. The third-order valence-corrected chi connectivity index (χ3v) is 6.69. The number of fused-ring (bicyclic) bond motifs is 3. The summed E-state index contributed by atoms with van der Waals surface area (Å²) in [5, 5.41) is 11.9. The molecule has 2 aromatic rings. The van der Waals surface area contributed by atoms with Crippen LogP contribution in [0.1, 0.15) is 37.3 Å². The number of carbonyl (C=O) groups is 2. The van der Waals surface area contributed by atoms with Gasteiger partial charge in [0.15, 0.2) is 0 Å². The number of rotatable bonds is 9. The zero-order chi connectivity index (χ0) is 20.8. The summed E-state index contributed by atoms with van der Waals surface area (Å²) in [4.78, 5) is 23.8. The number of carboxylic acids is 1. The molecule has 3 rings (SSSR count). The first-order valence-corrected chi connectivity index (χ1v) is 11.1. The number of hydrogen-bond donors (Lipinski definition) is 2. The molecule has 154 valence electrons. The van der Waals surface area contributed by atoms with Gasteiger partial charge in [-0.15, -0.1) is 0 Å². The van der Waals surface area contributed by atoms with Crippen molar-refractivity contribution < 1.29 is 19.4 Å². The zero-order valence-electron chi connectivity index (χ0n) is 16.8. The highest BCUT2D eigenvalue weighted by atomic mass is 32.2. The standard InChI is InChI=1S/C23H27NO4S/c1-3-15(2)13-29-14-21(22(25)26)24-23(27)28-12-20-18-10-6-4-8-16(18)17-9-5-7-11-19(17)20/h4-11,15,20-21H,3,12-14H2,1-2H3,(H,24,27)(H,25,26)/t15?,21-/m0/s1. The van der Waals surface area contributed by atoms with E-state index in [0.717, 1.165) is 34.4 Å². The van der Waals surface area contributed by atoms with Crippen LogP contribution in [-0.2, 0) is 9.53 Å². The topological polar surface area (TPSA) is 75.6 Å². The van der Waals surface area contributed by atoms with Crippen molar-refractivity contribution in [1.29, 1.82) is 0 Å². The second-order valence-electron chi connectivity index (χ2n) is 7.41. The fraction of sp³-hybridized carbons (Fsp3) is 0.391. The highest BCUT2D eigenvalue weighted by molar-refractivity contribution is 7.99. The van der Waals surface area contributed by atoms with Crippen molar-refractivity contribution in [3.63, 3.8) is 0 Å². The van der Waals surface area contributed by atoms with Gasteiger partial charge in [-0.2, -0.15) is 11.8 Å². The molecule has 1 aliphatic rings. The molecular weight excluding hydrogens is 386 g/mol. The van der Waals surface area contributed by atoms with Crippen LogP contribution in [-0.4, -0.2) is 41.3 Å². The van der Waals surface area contributed by atoms with Crippen molar-refractivity contribution in [1.82, 2.24) is 5.32 Å². The molecule has 1 aliphatic carbocycles. The van der Waals surface area contributed by atoms with E-state index in [4.69, 9.17) is 4.74 Å². The van der Waals surface area contributed by atoms with Crippen LogP contribution in [0.3, 0.4) is 0 Å². The van der Waals surface area contributed by atoms with E-state index in [1.165, 1.54) is 11.8 Å². The largest absolute Gasteiger partial charge is 0.480 e. The van der Waals surface area contributed by atoms with E-state index in [2.05, 4.69) is 31.3 Å². The summed E-state index contributed by atoms with van der Waals surface area (Å²) in [7, 11) is 0. The SMILES string of the molecule is CCC(C)CSC[C@H](NC(=O)OCC1c2ccccc2-c2ccccc21)C(=O)O. The molecule has 0 bridgehead atoms. The van der Waals surface area contributed by atoms with Gasteiger partial charge in [-0.3, -0.25) is 0 Å². The number of amides is 1. The normalized spacial score (nSPS) is 14.6. The maximum absolute atomic E-state index is 12.3. The molecule has 0 aromatic heterocycles. The number of carboxylic acid groups (broad SMARTS) is 1. The average Bonchev–Trinajstić information content (AvgIpc) is 3.05. The van der Waals surface area contributed by atoms with Crippen molar-refractivity contribution in [2.24, 2.45) is 5.92 Å². The number of carbonyl (C=O) groups excluding carboxylic acids is 1. The first-order chi connectivity index (χ1) is 14.0. The van der Waals surface area contributed by atoms with E-state index in [1.54, 1.807) is 0 Å². The number of hydrogen-bond acceptors (Lipinski definition) is 4. The minimum absolute atomic E-state index is 0.0452. The zero-order valence-corrected chi connectivity index (χ0v) is 17.6. The highest BCUT2D eigenvalue weighted by Crippen LogP contribution is 2.44. The summed E-state index contributed by atoms with van der Waals surface area (Å²) >= 11 is 1.54. The van der Waals surface area contributed by atoms with Gasteiger partial charge in [-0.05, 0) is 33.9 Å². The second kappa shape index (κ2) is 9.83. The maximum Gasteiger partial charge on any atom is 0.407 e. The molecule has 0 aliphatic heterocycles. The van der Waals surface area contributed by atoms with Gasteiger partial charge in [0.25, 0.3) is 0 Å². The predicted octanol–water partition coefficient (Wildman–Crippen LogP) is 4.76. The highest BCUT2D eigenvalue weighted by Gasteiger charge is 2.29. The van der Waals surface area contributed by atoms with Gasteiger partial charge in [0.05, 0.1) is 0 Å². The predicted molar refractivity (Wildman–Crippen MR) is 116 cm³/mol. The van der Waals surface area contributed by atoms with Crippen molar-refractivity contribution in [2.45, 2.75) is 32.2 Å². The molecule has 1 amide bonds. The van der Waals surface area contributed by atoms with Crippen molar-refractivity contribution >= 4 is 23.8 Å². The van der Waals surface area contributed by atoms with Crippen molar-refractivity contribution in [2.75, 3.05) is 18.1 Å². The molecule has 2 aromatic carbocycles. The molecule has 2 atom stereocenters. The Morgan fingerprint density at radius 1 is 1.07 bits per heavy atom. The van der Waals surface area contributed by atoms with Crippen LogP contribution in [0.2, 0.25) is 0 Å². The summed E-state index contributed by atoms with van der Waals surface area (Å²) < 4.78 is 5.45. The van der Waals surface area contributed by atoms with E-state index in [9.17, 15) is 14.7 Å². The van der Waals surface area contributed by atoms with Crippen molar-refractivity contribution in [3.8, 4) is 11.1 Å². The summed E-state index contributed by atoms with van der Waals surface area (Å²) in [6.45, 7) is 4.41. The van der Waals surface area contributed by atoms with Crippen LogP contribution in [0, 0.1) is 5.92 Å². The monoisotopic (exact) mass is 413 g/mol. The van der Waals surface area contributed by atoms with Crippen LogP contribution in [0.15, 0.2) is 48.5 Å². The smallest absolute Gasteiger partial charge is 0.407 e.